The molecule has 0 spiro atoms. The molecule has 0 aliphatic heterocycles. The summed E-state index contributed by atoms with van der Waals surface area (Å²) in [6.07, 6.45) is 1.70. The number of ether oxygens (including phenoxy) is 2. The summed E-state index contributed by atoms with van der Waals surface area (Å²) < 4.78 is 12.1. The third-order valence-electron chi connectivity index (χ3n) is 5.02. The Bertz CT molecular complexity index is 1100. The zero-order valence-electron chi connectivity index (χ0n) is 17.2. The molecule has 0 saturated heterocycles. The third kappa shape index (κ3) is 4.27. The van der Waals surface area contributed by atoms with Crippen LogP contribution >= 0.6 is 11.3 Å². The van der Waals surface area contributed by atoms with Crippen molar-refractivity contribution >= 4 is 27.5 Å². The Morgan fingerprint density at radius 3 is 2.72 bits per heavy atom. The van der Waals surface area contributed by atoms with Gasteiger partial charge < -0.3 is 14.8 Å². The molecule has 3 aromatic rings. The van der Waals surface area contributed by atoms with Gasteiger partial charge in [0.2, 0.25) is 5.91 Å². The molecule has 1 atom stereocenters. The molecule has 1 N–H and O–H groups in total. The van der Waals surface area contributed by atoms with E-state index >= 15 is 0 Å². The SMILES string of the molecule is COc1ccc(C(C)NC(=O)CCn2cnc3sc(C)c(C)c3c2=O)c(OC)c1. The minimum absolute atomic E-state index is 0.102. The summed E-state index contributed by atoms with van der Waals surface area (Å²) in [4.78, 5) is 31.4. The molecule has 0 radical (unpaired) electrons. The molecule has 2 aromatic heterocycles. The topological polar surface area (TPSA) is 82.5 Å². The molecule has 8 heteroatoms. The number of fused-ring (bicyclic) bond motifs is 1. The quantitative estimate of drug-likeness (QED) is 0.640. The van der Waals surface area contributed by atoms with Gasteiger partial charge >= 0.3 is 0 Å². The van der Waals surface area contributed by atoms with E-state index in [1.807, 2.05) is 32.9 Å². The minimum atomic E-state index is -0.248. The molecule has 1 unspecified atom stereocenters. The molecule has 2 heterocycles. The molecule has 1 aromatic carbocycles. The molecule has 0 fully saturated rings. The number of hydrogen-bond acceptors (Lipinski definition) is 6. The van der Waals surface area contributed by atoms with Crippen molar-refractivity contribution in [3.8, 4) is 11.5 Å². The summed E-state index contributed by atoms with van der Waals surface area (Å²) in [5.41, 5.74) is 1.71. The highest BCUT2D eigenvalue weighted by Crippen LogP contribution is 2.29. The molecule has 29 heavy (non-hydrogen) atoms. The Morgan fingerprint density at radius 1 is 1.28 bits per heavy atom. The van der Waals surface area contributed by atoms with Crippen LogP contribution in [0.1, 0.15) is 35.4 Å². The van der Waals surface area contributed by atoms with Crippen LogP contribution in [0.25, 0.3) is 10.2 Å². The first-order chi connectivity index (χ1) is 13.8. The lowest BCUT2D eigenvalue weighted by molar-refractivity contribution is -0.122. The smallest absolute Gasteiger partial charge is 0.262 e. The summed E-state index contributed by atoms with van der Waals surface area (Å²) in [7, 11) is 3.17. The fourth-order valence-corrected chi connectivity index (χ4v) is 4.21. The Kier molecular flexibility index (Phi) is 6.22. The van der Waals surface area contributed by atoms with Gasteiger partial charge in [-0.25, -0.2) is 4.98 Å². The van der Waals surface area contributed by atoms with Crippen LogP contribution in [-0.2, 0) is 11.3 Å². The molecule has 154 valence electrons. The van der Waals surface area contributed by atoms with E-state index in [9.17, 15) is 9.59 Å². The van der Waals surface area contributed by atoms with Crippen molar-refractivity contribution in [1.29, 1.82) is 0 Å². The Hall–Kier alpha value is -2.87. The van der Waals surface area contributed by atoms with Gasteiger partial charge in [-0.1, -0.05) is 0 Å². The molecule has 0 saturated carbocycles. The molecule has 0 aliphatic rings. The van der Waals surface area contributed by atoms with Gasteiger partial charge in [0, 0.05) is 29.5 Å². The van der Waals surface area contributed by atoms with Gasteiger partial charge in [-0.05, 0) is 38.5 Å². The summed E-state index contributed by atoms with van der Waals surface area (Å²) in [5.74, 6) is 1.18. The Balaban J connectivity index is 1.69. The highest BCUT2D eigenvalue weighted by Gasteiger charge is 2.16. The summed E-state index contributed by atoms with van der Waals surface area (Å²) in [5, 5.41) is 3.60. The highest BCUT2D eigenvalue weighted by molar-refractivity contribution is 7.18. The Morgan fingerprint density at radius 2 is 2.03 bits per heavy atom. The van der Waals surface area contributed by atoms with Crippen molar-refractivity contribution in [1.82, 2.24) is 14.9 Å². The van der Waals surface area contributed by atoms with E-state index in [1.54, 1.807) is 20.3 Å². The maximum absolute atomic E-state index is 12.7. The fourth-order valence-electron chi connectivity index (χ4n) is 3.22. The number of carbonyl (C=O) groups excluding carboxylic acids is 1. The lowest BCUT2D eigenvalue weighted by Crippen LogP contribution is -2.29. The number of aryl methyl sites for hydroxylation is 3. The standard InChI is InChI=1S/C21H25N3O4S/c1-12-14(3)29-20-19(12)21(26)24(11-22-20)9-8-18(25)23-13(2)16-7-6-15(27-4)10-17(16)28-5/h6-7,10-11,13H,8-9H2,1-5H3,(H,23,25). The molecule has 0 aliphatic carbocycles. The average Bonchev–Trinajstić information content (AvgIpc) is 3.01. The van der Waals surface area contributed by atoms with Crippen molar-refractivity contribution in [2.24, 2.45) is 0 Å². The van der Waals surface area contributed by atoms with E-state index in [1.165, 1.54) is 22.2 Å². The van der Waals surface area contributed by atoms with Gasteiger partial charge in [0.05, 0.1) is 32.0 Å². The van der Waals surface area contributed by atoms with Gasteiger partial charge in [0.1, 0.15) is 16.3 Å². The maximum atomic E-state index is 12.7. The third-order valence-corrected chi connectivity index (χ3v) is 6.14. The molecular weight excluding hydrogens is 390 g/mol. The number of aromatic nitrogens is 2. The second-order valence-corrected chi connectivity index (χ2v) is 8.06. The van der Waals surface area contributed by atoms with Crippen LogP contribution < -0.4 is 20.3 Å². The second-order valence-electron chi connectivity index (χ2n) is 6.85. The summed E-state index contributed by atoms with van der Waals surface area (Å²) >= 11 is 1.51. The van der Waals surface area contributed by atoms with Gasteiger partial charge in [-0.3, -0.25) is 14.2 Å². The first kappa shape index (κ1) is 20.9. The first-order valence-electron chi connectivity index (χ1n) is 9.32. The van der Waals surface area contributed by atoms with Crippen molar-refractivity contribution in [2.45, 2.75) is 39.8 Å². The number of nitrogens with zero attached hydrogens (tertiary/aromatic N) is 2. The number of carbonyl (C=O) groups is 1. The lowest BCUT2D eigenvalue weighted by atomic mass is 10.1. The van der Waals surface area contributed by atoms with Crippen LogP contribution in [0.2, 0.25) is 0 Å². The molecular formula is C21H25N3O4S. The van der Waals surface area contributed by atoms with Crippen LogP contribution in [0, 0.1) is 13.8 Å². The van der Waals surface area contributed by atoms with Crippen molar-refractivity contribution < 1.29 is 14.3 Å². The van der Waals surface area contributed by atoms with E-state index in [0.29, 0.717) is 16.9 Å². The predicted molar refractivity (Wildman–Crippen MR) is 114 cm³/mol. The van der Waals surface area contributed by atoms with Gasteiger partial charge in [0.15, 0.2) is 0 Å². The van der Waals surface area contributed by atoms with Crippen LogP contribution in [0.5, 0.6) is 11.5 Å². The first-order valence-corrected chi connectivity index (χ1v) is 10.1. The van der Waals surface area contributed by atoms with Crippen molar-refractivity contribution in [3.63, 3.8) is 0 Å². The van der Waals surface area contributed by atoms with Crippen LogP contribution in [-0.4, -0.2) is 29.7 Å². The zero-order chi connectivity index (χ0) is 21.1. The largest absolute Gasteiger partial charge is 0.497 e. The molecule has 1 amide bonds. The number of hydrogen-bond donors (Lipinski definition) is 1. The van der Waals surface area contributed by atoms with Crippen molar-refractivity contribution in [3.05, 3.63) is 50.9 Å². The number of benzene rings is 1. The van der Waals surface area contributed by atoms with E-state index in [2.05, 4.69) is 10.3 Å². The zero-order valence-corrected chi connectivity index (χ0v) is 18.1. The van der Waals surface area contributed by atoms with Crippen LogP contribution in [0.4, 0.5) is 0 Å². The highest BCUT2D eigenvalue weighted by atomic mass is 32.1. The van der Waals surface area contributed by atoms with Gasteiger partial charge in [0.25, 0.3) is 5.56 Å². The molecule has 0 bridgehead atoms. The van der Waals surface area contributed by atoms with E-state index in [4.69, 9.17) is 9.47 Å². The van der Waals surface area contributed by atoms with Crippen LogP contribution in [0.15, 0.2) is 29.3 Å². The average molecular weight is 416 g/mol. The van der Waals surface area contributed by atoms with E-state index in [0.717, 1.165) is 20.8 Å². The number of amides is 1. The summed E-state index contributed by atoms with van der Waals surface area (Å²) in [6, 6.07) is 5.23. The van der Waals surface area contributed by atoms with Crippen molar-refractivity contribution in [2.75, 3.05) is 14.2 Å². The summed E-state index contributed by atoms with van der Waals surface area (Å²) in [6.45, 7) is 6.07. The predicted octanol–water partition coefficient (Wildman–Crippen LogP) is 3.36. The molecule has 7 nitrogen and oxygen atoms in total. The normalized spacial score (nSPS) is 12.0. The second kappa shape index (κ2) is 8.65. The van der Waals surface area contributed by atoms with E-state index in [-0.39, 0.29) is 30.5 Å². The van der Waals surface area contributed by atoms with Gasteiger partial charge in [-0.15, -0.1) is 11.3 Å². The van der Waals surface area contributed by atoms with Crippen LogP contribution in [0.3, 0.4) is 0 Å². The maximum Gasteiger partial charge on any atom is 0.262 e. The number of methoxy groups -OCH3 is 2. The monoisotopic (exact) mass is 415 g/mol. The molecule has 3 rings (SSSR count). The number of nitrogens with one attached hydrogen (secondary N) is 1. The van der Waals surface area contributed by atoms with Gasteiger partial charge in [-0.2, -0.15) is 0 Å². The van der Waals surface area contributed by atoms with E-state index < -0.39 is 0 Å². The lowest BCUT2D eigenvalue weighted by Gasteiger charge is -2.18. The number of rotatable bonds is 7. The minimum Gasteiger partial charge on any atom is -0.497 e. The fraction of sp³-hybridized carbons (Fsp3) is 0.381. The number of thiophene rings is 1. The Labute approximate surface area is 173 Å².